The number of aliphatic carboxylic acids is 1. The first kappa shape index (κ1) is 31.9. The molecule has 2 aromatic carbocycles. The number of hydrogen-bond acceptors (Lipinski definition) is 9. The first-order valence-electron chi connectivity index (χ1n) is 12.2. The van der Waals surface area contributed by atoms with Crippen molar-refractivity contribution in [1.29, 1.82) is 0 Å². The van der Waals surface area contributed by atoms with Crippen LogP contribution in [0.3, 0.4) is 0 Å². The average molecular weight is 576 g/mol. The number of aromatic hydroxyl groups is 2. The fourth-order valence-electron chi connectivity index (χ4n) is 3.62. The van der Waals surface area contributed by atoms with Crippen molar-refractivity contribution < 1.29 is 39.3 Å². The smallest absolute Gasteiger partial charge is 0.326 e. The number of hydrogen-bond donors (Lipinski definition) is 9. The fourth-order valence-corrected chi connectivity index (χ4v) is 3.87. The molecule has 0 aromatic heterocycles. The van der Waals surface area contributed by atoms with E-state index >= 15 is 0 Å². The van der Waals surface area contributed by atoms with Gasteiger partial charge >= 0.3 is 5.97 Å². The van der Waals surface area contributed by atoms with E-state index in [2.05, 4.69) is 28.6 Å². The summed E-state index contributed by atoms with van der Waals surface area (Å²) in [6.45, 7) is 0. The molecular weight excluding hydrogens is 542 g/mol. The first-order valence-corrected chi connectivity index (χ1v) is 12.9. The van der Waals surface area contributed by atoms with Crippen molar-refractivity contribution in [3.63, 3.8) is 0 Å². The molecule has 0 heterocycles. The van der Waals surface area contributed by atoms with Gasteiger partial charge in [0.25, 0.3) is 0 Å². The normalized spacial score (nSPS) is 13.8. The van der Waals surface area contributed by atoms with Gasteiger partial charge in [-0.15, -0.1) is 0 Å². The lowest BCUT2D eigenvalue weighted by Crippen LogP contribution is -2.58. The van der Waals surface area contributed by atoms with Crippen LogP contribution in [-0.2, 0) is 36.8 Å². The molecule has 0 saturated heterocycles. The number of carboxylic acid groups (broad SMARTS) is 1. The number of nitrogens with one attached hydrogen (secondary N) is 3. The molecule has 0 aliphatic carbocycles. The molecule has 13 nitrogen and oxygen atoms in total. The zero-order chi connectivity index (χ0) is 29.8. The van der Waals surface area contributed by atoms with Crippen molar-refractivity contribution in [3.8, 4) is 11.5 Å². The van der Waals surface area contributed by atoms with E-state index in [-0.39, 0.29) is 42.9 Å². The van der Waals surface area contributed by atoms with Crippen molar-refractivity contribution in [2.24, 2.45) is 11.5 Å². The van der Waals surface area contributed by atoms with E-state index < -0.39 is 53.8 Å². The van der Waals surface area contributed by atoms with Gasteiger partial charge in [-0.05, 0) is 48.2 Å². The molecule has 0 fully saturated rings. The zero-order valence-corrected chi connectivity index (χ0v) is 22.3. The van der Waals surface area contributed by atoms with Gasteiger partial charge in [-0.2, -0.15) is 12.6 Å². The molecule has 2 aromatic rings. The minimum Gasteiger partial charge on any atom is -0.508 e. The summed E-state index contributed by atoms with van der Waals surface area (Å²) in [6, 6.07) is 6.94. The van der Waals surface area contributed by atoms with E-state index in [0.717, 1.165) is 0 Å². The maximum atomic E-state index is 13.1. The third kappa shape index (κ3) is 10.5. The molecule has 4 amide bonds. The number of thiol groups is 1. The standard InChI is InChI=1S/C26H33N5O8S/c27-18(11-14-1-5-16(32)6-2-14)23(35)31-21(13-40)25(37)30-20(12-15-3-7-17(33)8-4-15)24(36)29-19(26(38)39)9-10-22(28)34/h1-8,18-21,32-33,40H,9-13,27H2,(H2,28,34)(H,29,36)(H,30,37)(H,31,35)(H,38,39). The highest BCUT2D eigenvalue weighted by molar-refractivity contribution is 7.80. The number of phenols is 2. The molecular formula is C26H33N5O8S. The van der Waals surface area contributed by atoms with Gasteiger partial charge in [0.1, 0.15) is 29.6 Å². The molecule has 0 radical (unpaired) electrons. The summed E-state index contributed by atoms with van der Waals surface area (Å²) in [7, 11) is 0. The summed E-state index contributed by atoms with van der Waals surface area (Å²) in [5, 5.41) is 35.7. The summed E-state index contributed by atoms with van der Waals surface area (Å²) in [4.78, 5) is 61.5. The number of carbonyl (C=O) groups excluding carboxylic acids is 4. The van der Waals surface area contributed by atoms with Crippen molar-refractivity contribution >= 4 is 42.2 Å². The van der Waals surface area contributed by atoms with Gasteiger partial charge in [-0.25, -0.2) is 4.79 Å². The van der Waals surface area contributed by atoms with Crippen LogP contribution in [0.15, 0.2) is 48.5 Å². The molecule has 0 spiro atoms. The molecule has 4 atom stereocenters. The fraction of sp³-hybridized carbons (Fsp3) is 0.346. The predicted octanol–water partition coefficient (Wildman–Crippen LogP) is -1.06. The summed E-state index contributed by atoms with van der Waals surface area (Å²) < 4.78 is 0. The molecule has 2 rings (SSSR count). The summed E-state index contributed by atoms with van der Waals surface area (Å²) in [5.41, 5.74) is 12.3. The highest BCUT2D eigenvalue weighted by Crippen LogP contribution is 2.13. The second kappa shape index (κ2) is 15.3. The van der Waals surface area contributed by atoms with E-state index in [0.29, 0.717) is 11.1 Å². The van der Waals surface area contributed by atoms with Crippen LogP contribution in [0.2, 0.25) is 0 Å². The summed E-state index contributed by atoms with van der Waals surface area (Å²) >= 11 is 4.13. The SMILES string of the molecule is NC(=O)CCC(NC(=O)C(Cc1ccc(O)cc1)NC(=O)C(CS)NC(=O)C(N)Cc1ccc(O)cc1)C(=O)O. The topological polar surface area (TPSA) is 234 Å². The lowest BCUT2D eigenvalue weighted by molar-refractivity contribution is -0.142. The van der Waals surface area contributed by atoms with Gasteiger partial charge in [-0.3, -0.25) is 19.2 Å². The Hall–Kier alpha value is -4.30. The second-order valence-electron chi connectivity index (χ2n) is 9.06. The minimum atomic E-state index is -1.45. The van der Waals surface area contributed by atoms with E-state index in [1.807, 2.05) is 0 Å². The van der Waals surface area contributed by atoms with E-state index in [9.17, 15) is 39.3 Å². The Kier molecular flexibility index (Phi) is 12.2. The van der Waals surface area contributed by atoms with Gasteiger partial charge in [0.05, 0.1) is 6.04 Å². The molecule has 14 heteroatoms. The number of amides is 4. The number of primary amides is 1. The molecule has 40 heavy (non-hydrogen) atoms. The molecule has 0 bridgehead atoms. The molecule has 0 saturated carbocycles. The molecule has 216 valence electrons. The maximum Gasteiger partial charge on any atom is 0.326 e. The van der Waals surface area contributed by atoms with Crippen molar-refractivity contribution in [1.82, 2.24) is 16.0 Å². The third-order valence-electron chi connectivity index (χ3n) is 5.85. The van der Waals surface area contributed by atoms with E-state index in [1.54, 1.807) is 12.1 Å². The number of benzene rings is 2. The Balaban J connectivity index is 2.14. The summed E-state index contributed by atoms with van der Waals surface area (Å²) in [5.74, 6) is -4.53. The lowest BCUT2D eigenvalue weighted by atomic mass is 10.0. The number of phenolic OH excluding ortho intramolecular Hbond substituents is 2. The summed E-state index contributed by atoms with van der Waals surface area (Å²) in [6.07, 6.45) is -0.511. The van der Waals surface area contributed by atoms with E-state index in [4.69, 9.17) is 11.5 Å². The van der Waals surface area contributed by atoms with Crippen molar-refractivity contribution in [2.75, 3.05) is 5.75 Å². The molecule has 0 aliphatic rings. The molecule has 4 unspecified atom stereocenters. The van der Waals surface area contributed by atoms with Crippen molar-refractivity contribution in [3.05, 3.63) is 59.7 Å². The van der Waals surface area contributed by atoms with Gasteiger partial charge in [-0.1, -0.05) is 24.3 Å². The van der Waals surface area contributed by atoms with E-state index in [1.165, 1.54) is 36.4 Å². The highest BCUT2D eigenvalue weighted by Gasteiger charge is 2.30. The Bertz CT molecular complexity index is 1190. The Labute approximate surface area is 235 Å². The van der Waals surface area contributed by atoms with Crippen LogP contribution in [0.5, 0.6) is 11.5 Å². The van der Waals surface area contributed by atoms with Gasteiger partial charge in [0.15, 0.2) is 0 Å². The minimum absolute atomic E-state index is 0.0207. The number of carboxylic acids is 1. The van der Waals surface area contributed by atoms with Crippen LogP contribution in [0.4, 0.5) is 0 Å². The Morgan fingerprint density at radius 3 is 1.65 bits per heavy atom. The largest absolute Gasteiger partial charge is 0.508 e. The Morgan fingerprint density at radius 2 is 1.18 bits per heavy atom. The van der Waals surface area contributed by atoms with Gasteiger partial charge in [0, 0.05) is 18.6 Å². The van der Waals surface area contributed by atoms with Crippen LogP contribution >= 0.6 is 12.6 Å². The average Bonchev–Trinajstić information content (AvgIpc) is 2.90. The molecule has 0 aliphatic heterocycles. The van der Waals surface area contributed by atoms with Gasteiger partial charge < -0.3 is 42.7 Å². The highest BCUT2D eigenvalue weighted by atomic mass is 32.1. The van der Waals surface area contributed by atoms with Crippen LogP contribution in [0.1, 0.15) is 24.0 Å². The van der Waals surface area contributed by atoms with Crippen molar-refractivity contribution in [2.45, 2.75) is 49.9 Å². The number of rotatable bonds is 15. The predicted molar refractivity (Wildman–Crippen MR) is 147 cm³/mol. The lowest BCUT2D eigenvalue weighted by Gasteiger charge is -2.24. The van der Waals surface area contributed by atoms with Gasteiger partial charge in [0.2, 0.25) is 23.6 Å². The third-order valence-corrected chi connectivity index (χ3v) is 6.21. The number of nitrogens with two attached hydrogens (primary N) is 2. The quantitative estimate of drug-likeness (QED) is 0.118. The van der Waals surface area contributed by atoms with Crippen LogP contribution < -0.4 is 27.4 Å². The van der Waals surface area contributed by atoms with Crippen LogP contribution in [0.25, 0.3) is 0 Å². The first-order chi connectivity index (χ1) is 18.9. The number of carbonyl (C=O) groups is 5. The zero-order valence-electron chi connectivity index (χ0n) is 21.4. The monoisotopic (exact) mass is 575 g/mol. The Morgan fingerprint density at radius 1 is 0.725 bits per heavy atom. The molecule has 10 N–H and O–H groups in total. The van der Waals surface area contributed by atoms with Crippen LogP contribution in [-0.4, -0.2) is 74.8 Å². The second-order valence-corrected chi connectivity index (χ2v) is 9.42. The van der Waals surface area contributed by atoms with Crippen LogP contribution in [0, 0.1) is 0 Å². The maximum absolute atomic E-state index is 13.1.